The molecule has 3 rings (SSSR count). The fourth-order valence-corrected chi connectivity index (χ4v) is 2.54. The Morgan fingerprint density at radius 2 is 1.79 bits per heavy atom. The molecular formula is C21H22N2O5. The molecule has 7 heteroatoms. The predicted molar refractivity (Wildman–Crippen MR) is 104 cm³/mol. The number of carbonyl (C=O) groups excluding carboxylic acids is 1. The van der Waals surface area contributed by atoms with Gasteiger partial charge in [-0.15, -0.1) is 0 Å². The van der Waals surface area contributed by atoms with E-state index < -0.39 is 0 Å². The molecule has 0 aliphatic carbocycles. The average molecular weight is 382 g/mol. The van der Waals surface area contributed by atoms with E-state index in [0.29, 0.717) is 28.7 Å². The fraction of sp³-hybridized carbons (Fsp3) is 0.238. The van der Waals surface area contributed by atoms with Gasteiger partial charge in [-0.3, -0.25) is 4.79 Å². The first-order valence-corrected chi connectivity index (χ1v) is 8.73. The molecule has 0 saturated heterocycles. The molecule has 0 saturated carbocycles. The van der Waals surface area contributed by atoms with E-state index in [1.54, 1.807) is 32.4 Å². The van der Waals surface area contributed by atoms with E-state index in [2.05, 4.69) is 10.5 Å². The van der Waals surface area contributed by atoms with E-state index in [0.717, 1.165) is 11.1 Å². The molecule has 0 spiro atoms. The van der Waals surface area contributed by atoms with E-state index in [1.807, 2.05) is 37.3 Å². The summed E-state index contributed by atoms with van der Waals surface area (Å²) >= 11 is 0. The molecule has 0 fully saturated rings. The van der Waals surface area contributed by atoms with Crippen LogP contribution in [0.15, 0.2) is 53.1 Å². The van der Waals surface area contributed by atoms with Crippen molar-refractivity contribution >= 4 is 5.91 Å². The van der Waals surface area contributed by atoms with E-state index >= 15 is 0 Å². The first-order chi connectivity index (χ1) is 13.6. The zero-order valence-corrected chi connectivity index (χ0v) is 16.0. The highest BCUT2D eigenvalue weighted by Crippen LogP contribution is 2.32. The number of nitrogens with one attached hydrogen (secondary N) is 1. The Morgan fingerprint density at radius 3 is 2.50 bits per heavy atom. The van der Waals surface area contributed by atoms with Crippen LogP contribution in [0.3, 0.4) is 0 Å². The van der Waals surface area contributed by atoms with E-state index in [1.165, 1.54) is 0 Å². The normalized spacial score (nSPS) is 10.4. The van der Waals surface area contributed by atoms with E-state index in [4.69, 9.17) is 18.7 Å². The standard InChI is InChI=1S/C21H22N2O5/c1-14-4-7-17(8-5-14)27-13-21(24)22-12-16-11-19(28-23-16)15-6-9-18(25-2)20(10-15)26-3/h4-11H,12-13H2,1-3H3,(H,22,24). The van der Waals surface area contributed by atoms with Crippen molar-refractivity contribution in [3.63, 3.8) is 0 Å². The Bertz CT molecular complexity index is 934. The number of methoxy groups -OCH3 is 2. The minimum absolute atomic E-state index is 0.0660. The van der Waals surface area contributed by atoms with Gasteiger partial charge in [-0.25, -0.2) is 0 Å². The van der Waals surface area contributed by atoms with Crippen LogP contribution in [-0.2, 0) is 11.3 Å². The number of amides is 1. The van der Waals surface area contributed by atoms with Crippen LogP contribution in [0.1, 0.15) is 11.3 Å². The largest absolute Gasteiger partial charge is 0.493 e. The summed E-state index contributed by atoms with van der Waals surface area (Å²) in [4.78, 5) is 12.0. The van der Waals surface area contributed by atoms with Crippen LogP contribution in [-0.4, -0.2) is 31.9 Å². The minimum Gasteiger partial charge on any atom is -0.493 e. The molecule has 0 bridgehead atoms. The Morgan fingerprint density at radius 1 is 1.04 bits per heavy atom. The minimum atomic E-state index is -0.240. The molecule has 28 heavy (non-hydrogen) atoms. The lowest BCUT2D eigenvalue weighted by Crippen LogP contribution is -2.28. The molecule has 0 atom stereocenters. The van der Waals surface area contributed by atoms with Crippen molar-refractivity contribution in [3.8, 4) is 28.6 Å². The molecule has 3 aromatic rings. The Hall–Kier alpha value is -3.48. The summed E-state index contributed by atoms with van der Waals surface area (Å²) in [5.74, 6) is 2.21. The van der Waals surface area contributed by atoms with Gasteiger partial charge < -0.3 is 24.1 Å². The van der Waals surface area contributed by atoms with Gasteiger partial charge in [0, 0.05) is 11.6 Å². The van der Waals surface area contributed by atoms with Gasteiger partial charge in [-0.05, 0) is 37.3 Å². The maximum absolute atomic E-state index is 12.0. The van der Waals surface area contributed by atoms with Crippen molar-refractivity contribution in [3.05, 3.63) is 59.8 Å². The van der Waals surface area contributed by atoms with Crippen LogP contribution < -0.4 is 19.5 Å². The van der Waals surface area contributed by atoms with Crippen LogP contribution in [0.2, 0.25) is 0 Å². The van der Waals surface area contributed by atoms with Crippen molar-refractivity contribution in [1.82, 2.24) is 10.5 Å². The quantitative estimate of drug-likeness (QED) is 0.643. The van der Waals surface area contributed by atoms with Gasteiger partial charge in [0.05, 0.1) is 20.8 Å². The van der Waals surface area contributed by atoms with Crippen LogP contribution in [0.5, 0.6) is 17.2 Å². The lowest BCUT2D eigenvalue weighted by atomic mass is 10.1. The number of nitrogens with zero attached hydrogens (tertiary/aromatic N) is 1. The van der Waals surface area contributed by atoms with Gasteiger partial charge in [-0.1, -0.05) is 22.9 Å². The van der Waals surface area contributed by atoms with Gasteiger partial charge in [0.1, 0.15) is 11.4 Å². The fourth-order valence-electron chi connectivity index (χ4n) is 2.54. The second-order valence-electron chi connectivity index (χ2n) is 6.13. The second-order valence-corrected chi connectivity index (χ2v) is 6.13. The number of ether oxygens (including phenoxy) is 3. The highest BCUT2D eigenvalue weighted by atomic mass is 16.5. The van der Waals surface area contributed by atoms with Crippen molar-refractivity contribution in [2.75, 3.05) is 20.8 Å². The number of aromatic nitrogens is 1. The number of carbonyl (C=O) groups is 1. The second kappa shape index (κ2) is 8.94. The molecule has 1 amide bonds. The van der Waals surface area contributed by atoms with Crippen molar-refractivity contribution in [2.45, 2.75) is 13.5 Å². The molecule has 1 N–H and O–H groups in total. The smallest absolute Gasteiger partial charge is 0.258 e. The number of aryl methyl sites for hydroxylation is 1. The molecular weight excluding hydrogens is 360 g/mol. The predicted octanol–water partition coefficient (Wildman–Crippen LogP) is 3.36. The Labute approximate surface area is 163 Å². The topological polar surface area (TPSA) is 82.8 Å². The first kappa shape index (κ1) is 19.3. The van der Waals surface area contributed by atoms with Crippen molar-refractivity contribution in [1.29, 1.82) is 0 Å². The maximum atomic E-state index is 12.0. The number of hydrogen-bond acceptors (Lipinski definition) is 6. The highest BCUT2D eigenvalue weighted by molar-refractivity contribution is 5.77. The summed E-state index contributed by atoms with van der Waals surface area (Å²) in [6, 6.07) is 14.7. The van der Waals surface area contributed by atoms with Crippen molar-refractivity contribution < 1.29 is 23.5 Å². The maximum Gasteiger partial charge on any atom is 0.258 e. The lowest BCUT2D eigenvalue weighted by Gasteiger charge is -2.07. The summed E-state index contributed by atoms with van der Waals surface area (Å²) in [6.45, 7) is 2.17. The van der Waals surface area contributed by atoms with Gasteiger partial charge in [0.15, 0.2) is 23.9 Å². The monoisotopic (exact) mass is 382 g/mol. The molecule has 0 aliphatic heterocycles. The molecule has 146 valence electrons. The molecule has 0 radical (unpaired) electrons. The molecule has 1 aromatic heterocycles. The summed E-state index contributed by atoms with van der Waals surface area (Å²) in [5.41, 5.74) is 2.53. The summed E-state index contributed by atoms with van der Waals surface area (Å²) in [5, 5.41) is 6.74. The van der Waals surface area contributed by atoms with Crippen LogP contribution in [0.4, 0.5) is 0 Å². The molecule has 1 heterocycles. The average Bonchev–Trinajstić information content (AvgIpc) is 3.20. The van der Waals surface area contributed by atoms with Crippen LogP contribution >= 0.6 is 0 Å². The Balaban J connectivity index is 1.54. The number of hydrogen-bond donors (Lipinski definition) is 1. The summed E-state index contributed by atoms with van der Waals surface area (Å²) < 4.78 is 21.3. The zero-order valence-electron chi connectivity index (χ0n) is 16.0. The molecule has 7 nitrogen and oxygen atoms in total. The number of rotatable bonds is 8. The number of benzene rings is 2. The van der Waals surface area contributed by atoms with E-state index in [-0.39, 0.29) is 19.1 Å². The van der Waals surface area contributed by atoms with E-state index in [9.17, 15) is 4.79 Å². The zero-order chi connectivity index (χ0) is 19.9. The third kappa shape index (κ3) is 4.82. The summed E-state index contributed by atoms with van der Waals surface area (Å²) in [6.07, 6.45) is 0. The molecule has 2 aromatic carbocycles. The van der Waals surface area contributed by atoms with Gasteiger partial charge in [-0.2, -0.15) is 0 Å². The van der Waals surface area contributed by atoms with Gasteiger partial charge >= 0.3 is 0 Å². The summed E-state index contributed by atoms with van der Waals surface area (Å²) in [7, 11) is 3.15. The molecule has 0 unspecified atom stereocenters. The third-order valence-electron chi connectivity index (χ3n) is 4.08. The third-order valence-corrected chi connectivity index (χ3v) is 4.08. The highest BCUT2D eigenvalue weighted by Gasteiger charge is 2.12. The SMILES string of the molecule is COc1ccc(-c2cc(CNC(=O)COc3ccc(C)cc3)no2)cc1OC. The molecule has 0 aliphatic rings. The Kier molecular flexibility index (Phi) is 6.16. The van der Waals surface area contributed by atoms with Crippen LogP contribution in [0.25, 0.3) is 11.3 Å². The lowest BCUT2D eigenvalue weighted by molar-refractivity contribution is -0.123. The van der Waals surface area contributed by atoms with Gasteiger partial charge in [0.2, 0.25) is 0 Å². The van der Waals surface area contributed by atoms with Crippen molar-refractivity contribution in [2.24, 2.45) is 0 Å². The van der Waals surface area contributed by atoms with Gasteiger partial charge in [0.25, 0.3) is 5.91 Å². The first-order valence-electron chi connectivity index (χ1n) is 8.73. The van der Waals surface area contributed by atoms with Crippen LogP contribution in [0, 0.1) is 6.92 Å².